The molecule has 1 aromatic rings. The Labute approximate surface area is 174 Å². The number of carbonyl (C=O) groups is 3. The first-order valence-electron chi connectivity index (χ1n) is 8.52. The Balaban J connectivity index is 1.85. The van der Waals surface area contributed by atoms with Crippen LogP contribution >= 0.6 is 11.3 Å². The van der Waals surface area contributed by atoms with E-state index in [9.17, 15) is 27.9 Å². The molecular weight excluding hydrogens is 440 g/mol. The van der Waals surface area contributed by atoms with Gasteiger partial charge in [0.05, 0.1) is 17.2 Å². The van der Waals surface area contributed by atoms with Crippen LogP contribution in [0.4, 0.5) is 5.13 Å². The van der Waals surface area contributed by atoms with Gasteiger partial charge in [0.25, 0.3) is 11.8 Å². The number of carbonyl (C=O) groups excluding carboxylic acids is 2. The van der Waals surface area contributed by atoms with Gasteiger partial charge < -0.3 is 21.0 Å². The maximum absolute atomic E-state index is 12.8. The van der Waals surface area contributed by atoms with E-state index in [1.54, 1.807) is 0 Å². The van der Waals surface area contributed by atoms with Crippen molar-refractivity contribution in [3.05, 3.63) is 21.7 Å². The van der Waals surface area contributed by atoms with Gasteiger partial charge in [0.15, 0.2) is 26.4 Å². The molecule has 4 N–H and O–H groups in total. The number of nitrogen functional groups attached to an aromatic ring is 1. The highest BCUT2D eigenvalue weighted by Crippen LogP contribution is 2.32. The molecule has 1 fully saturated rings. The first-order valence-corrected chi connectivity index (χ1v) is 11.0. The highest BCUT2D eigenvalue weighted by atomic mass is 32.2. The molecule has 3 rings (SSSR count). The van der Waals surface area contributed by atoms with E-state index in [0.29, 0.717) is 0 Å². The molecule has 1 atom stereocenters. The van der Waals surface area contributed by atoms with E-state index in [-0.39, 0.29) is 40.3 Å². The molecule has 15 heteroatoms. The predicted octanol–water partition coefficient (Wildman–Crippen LogP) is -1.64. The second kappa shape index (κ2) is 8.00. The summed E-state index contributed by atoms with van der Waals surface area (Å²) >= 11 is 1.08. The van der Waals surface area contributed by atoms with Gasteiger partial charge in [-0.25, -0.2) is 28.2 Å². The number of nitrogens with two attached hydrogens (primary N) is 1. The Kier molecular flexibility index (Phi) is 5.78. The quantitative estimate of drug-likeness (QED) is 0.316. The van der Waals surface area contributed by atoms with Crippen LogP contribution in [0.5, 0.6) is 0 Å². The van der Waals surface area contributed by atoms with Gasteiger partial charge in [-0.05, 0) is 0 Å². The fourth-order valence-corrected chi connectivity index (χ4v) is 4.77. The zero-order chi connectivity index (χ0) is 22.2. The van der Waals surface area contributed by atoms with E-state index in [4.69, 9.17) is 5.73 Å². The number of fused-ring (bicyclic) bond motifs is 1. The molecule has 0 aliphatic carbocycles. The summed E-state index contributed by atoms with van der Waals surface area (Å²) in [4.78, 5) is 45.4. The molecule has 162 valence electrons. The Bertz CT molecular complexity index is 1080. The number of carboxylic acids is 1. The molecule has 2 aliphatic rings. The molecule has 2 amide bonds. The van der Waals surface area contributed by atoms with Crippen LogP contribution in [0.1, 0.15) is 12.6 Å². The van der Waals surface area contributed by atoms with Crippen molar-refractivity contribution in [1.82, 2.24) is 20.3 Å². The molecule has 2 aliphatic heterocycles. The minimum Gasteiger partial charge on any atom is -0.476 e. The number of rotatable bonds is 7. The van der Waals surface area contributed by atoms with Crippen LogP contribution in [0, 0.1) is 0 Å². The van der Waals surface area contributed by atoms with Gasteiger partial charge in [-0.1, -0.05) is 12.1 Å². The first kappa shape index (κ1) is 21.7. The van der Waals surface area contributed by atoms with E-state index in [1.165, 1.54) is 24.4 Å². The number of carboxylic acid groups (broad SMARTS) is 1. The monoisotopic (exact) mass is 458 g/mol. The normalized spacial score (nSPS) is 19.9. The van der Waals surface area contributed by atoms with Crippen LogP contribution in [-0.2, 0) is 29.1 Å². The summed E-state index contributed by atoms with van der Waals surface area (Å²) in [6.07, 6.45) is 0. The SMILES string of the molecule is CCS(=O)(=O)C1=C(C(=O)O)N2C(=O)[C@@H](NC(=O)/C(=N\OC)c3csc(N)n3)CN2C1. The molecular formula is C15H18N6O7S2. The Hall–Kier alpha value is -3.04. The van der Waals surface area contributed by atoms with Gasteiger partial charge in [-0.15, -0.1) is 11.3 Å². The molecule has 1 saturated heterocycles. The molecule has 0 aromatic carbocycles. The lowest BCUT2D eigenvalue weighted by Gasteiger charge is -2.18. The molecule has 30 heavy (non-hydrogen) atoms. The topological polar surface area (TPSA) is 185 Å². The molecule has 0 spiro atoms. The van der Waals surface area contributed by atoms with Crippen LogP contribution in [0.3, 0.4) is 0 Å². The third kappa shape index (κ3) is 3.73. The molecule has 13 nitrogen and oxygen atoms in total. The lowest BCUT2D eigenvalue weighted by Crippen LogP contribution is -2.46. The fourth-order valence-electron chi connectivity index (χ4n) is 3.06. The number of anilines is 1. The number of hydrazine groups is 1. The summed E-state index contributed by atoms with van der Waals surface area (Å²) in [5.41, 5.74) is 4.86. The second-order valence-corrected chi connectivity index (χ2v) is 9.39. The zero-order valence-electron chi connectivity index (χ0n) is 15.9. The number of sulfone groups is 1. The Morgan fingerprint density at radius 3 is 2.73 bits per heavy atom. The van der Waals surface area contributed by atoms with Crippen LogP contribution in [0.2, 0.25) is 0 Å². The molecule has 3 heterocycles. The van der Waals surface area contributed by atoms with Crippen LogP contribution in [-0.4, -0.2) is 84.0 Å². The van der Waals surface area contributed by atoms with E-state index in [1.807, 2.05) is 0 Å². The van der Waals surface area contributed by atoms with Crippen LogP contribution in [0.25, 0.3) is 0 Å². The van der Waals surface area contributed by atoms with E-state index in [0.717, 1.165) is 16.3 Å². The van der Waals surface area contributed by atoms with Gasteiger partial charge in [-0.3, -0.25) is 9.59 Å². The van der Waals surface area contributed by atoms with Crippen LogP contribution < -0.4 is 11.1 Å². The van der Waals surface area contributed by atoms with Gasteiger partial charge in [0, 0.05) is 11.9 Å². The number of hydrogen-bond donors (Lipinski definition) is 3. The molecule has 0 saturated carbocycles. The van der Waals surface area contributed by atoms with E-state index >= 15 is 0 Å². The largest absolute Gasteiger partial charge is 0.476 e. The standard InChI is InChI=1S/C15H18N6O7S2/c1-3-30(26,27)9-5-20-4-7(13(23)21(20)11(9)14(24)25)17-12(22)10(19-28-2)8-6-29-15(16)18-8/h6-7H,3-5H2,1-2H3,(H2,16,18)(H,17,22)(H,24,25)/b19-10-/t7-/m0/s1. The highest BCUT2D eigenvalue weighted by Gasteiger charge is 2.50. The lowest BCUT2D eigenvalue weighted by atomic mass is 10.2. The second-order valence-electron chi connectivity index (χ2n) is 6.20. The van der Waals surface area contributed by atoms with Gasteiger partial charge in [0.2, 0.25) is 0 Å². The summed E-state index contributed by atoms with van der Waals surface area (Å²) in [6, 6.07) is -1.13. The van der Waals surface area contributed by atoms with Gasteiger partial charge in [-0.2, -0.15) is 0 Å². The van der Waals surface area contributed by atoms with Crippen molar-refractivity contribution in [2.24, 2.45) is 5.16 Å². The van der Waals surface area contributed by atoms with Crippen molar-refractivity contribution >= 4 is 49.8 Å². The number of aromatic nitrogens is 1. The predicted molar refractivity (Wildman–Crippen MR) is 105 cm³/mol. The number of aliphatic carboxylic acids is 1. The number of hydrogen-bond acceptors (Lipinski definition) is 11. The summed E-state index contributed by atoms with van der Waals surface area (Å²) in [6.45, 7) is 0.981. The Morgan fingerprint density at radius 2 is 2.20 bits per heavy atom. The number of amides is 2. The fraction of sp³-hybridized carbons (Fsp3) is 0.400. The summed E-state index contributed by atoms with van der Waals surface area (Å²) in [5.74, 6) is -3.42. The highest BCUT2D eigenvalue weighted by molar-refractivity contribution is 7.95. The average molecular weight is 458 g/mol. The number of nitrogens with one attached hydrogen (secondary N) is 1. The molecule has 0 bridgehead atoms. The van der Waals surface area contributed by atoms with Crippen molar-refractivity contribution in [2.75, 3.05) is 31.7 Å². The summed E-state index contributed by atoms with van der Waals surface area (Å²) < 4.78 is 24.5. The van der Waals surface area contributed by atoms with Gasteiger partial charge >= 0.3 is 5.97 Å². The van der Waals surface area contributed by atoms with Crippen molar-refractivity contribution in [3.63, 3.8) is 0 Å². The van der Waals surface area contributed by atoms with E-state index in [2.05, 4.69) is 20.3 Å². The molecule has 0 radical (unpaired) electrons. The van der Waals surface area contributed by atoms with Crippen molar-refractivity contribution in [2.45, 2.75) is 13.0 Å². The Morgan fingerprint density at radius 1 is 1.50 bits per heavy atom. The summed E-state index contributed by atoms with van der Waals surface area (Å²) in [5, 5.41) is 19.3. The number of nitrogens with zero attached hydrogens (tertiary/aromatic N) is 4. The minimum atomic E-state index is -3.83. The lowest BCUT2D eigenvalue weighted by molar-refractivity contribution is -0.143. The van der Waals surface area contributed by atoms with E-state index < -0.39 is 39.4 Å². The minimum absolute atomic E-state index is 0.121. The number of oxime groups is 1. The third-order valence-corrected chi connectivity index (χ3v) is 6.92. The summed E-state index contributed by atoms with van der Waals surface area (Å²) in [7, 11) is -2.60. The van der Waals surface area contributed by atoms with Gasteiger partial charge in [0.1, 0.15) is 18.8 Å². The zero-order valence-corrected chi connectivity index (χ0v) is 17.5. The first-order chi connectivity index (χ1) is 14.1. The maximum Gasteiger partial charge on any atom is 0.355 e. The maximum atomic E-state index is 12.8. The van der Waals surface area contributed by atoms with Crippen molar-refractivity contribution in [1.29, 1.82) is 0 Å². The smallest absolute Gasteiger partial charge is 0.355 e. The molecule has 1 aromatic heterocycles. The third-order valence-electron chi connectivity index (χ3n) is 4.41. The van der Waals surface area contributed by atoms with Crippen molar-refractivity contribution in [3.8, 4) is 0 Å². The number of thiazole rings is 1. The van der Waals surface area contributed by atoms with Crippen molar-refractivity contribution < 1.29 is 32.7 Å². The molecule has 0 unspecified atom stereocenters. The average Bonchev–Trinajstić information content (AvgIpc) is 3.35. The van der Waals surface area contributed by atoms with Crippen LogP contribution in [0.15, 0.2) is 21.1 Å².